The fourth-order valence-corrected chi connectivity index (χ4v) is 2.45. The minimum Gasteiger partial charge on any atom is -0.312 e. The van der Waals surface area contributed by atoms with Gasteiger partial charge in [-0.2, -0.15) is 0 Å². The van der Waals surface area contributed by atoms with Crippen LogP contribution in [0.1, 0.15) is 85.0 Å². The largest absolute Gasteiger partial charge is 0.312 e. The average molecular weight is 357 g/mol. The summed E-state index contributed by atoms with van der Waals surface area (Å²) < 4.78 is 0. The highest BCUT2D eigenvalue weighted by Crippen LogP contribution is 2.15. The smallest absolute Gasteiger partial charge is 0.0223 e. The molecule has 0 aromatic heterocycles. The molecule has 0 bridgehead atoms. The molecule has 0 spiro atoms. The van der Waals surface area contributed by atoms with Gasteiger partial charge in [0.1, 0.15) is 0 Å². The first kappa shape index (κ1) is 22.0. The van der Waals surface area contributed by atoms with Gasteiger partial charge in [0.2, 0.25) is 0 Å². The molecule has 0 heterocycles. The van der Waals surface area contributed by atoms with E-state index in [1.54, 1.807) is 0 Å². The van der Waals surface area contributed by atoms with Crippen LogP contribution >= 0.6 is 28.6 Å². The molecule has 0 aliphatic rings. The number of hydrogen-bond acceptors (Lipinski definition) is 1. The molecule has 0 radical (unpaired) electrons. The molecule has 0 aliphatic heterocycles. The highest BCUT2D eigenvalue weighted by Gasteiger charge is 2.15. The van der Waals surface area contributed by atoms with Crippen LogP contribution < -0.4 is 5.32 Å². The number of rotatable bonds is 13. The van der Waals surface area contributed by atoms with E-state index in [9.17, 15) is 0 Å². The molecule has 0 rings (SSSR count). The number of nitrogens with one attached hydrogen (secondary N) is 1. The van der Waals surface area contributed by atoms with Crippen molar-refractivity contribution in [2.24, 2.45) is 0 Å². The molecule has 1 N–H and O–H groups in total. The quantitative estimate of drug-likeness (QED) is 0.311. The number of hydrogen-bond donors (Lipinski definition) is 1. The van der Waals surface area contributed by atoms with Crippen molar-refractivity contribution in [1.82, 2.24) is 5.32 Å². The van der Waals surface area contributed by atoms with E-state index in [2.05, 4.69) is 26.1 Å². The van der Waals surface area contributed by atoms with Gasteiger partial charge in [0, 0.05) is 11.4 Å². The SMILES string of the molecule is Br.CCCCCCCC(C)(C)NCCCCCCCl. The third-order valence-corrected chi connectivity index (χ3v) is 3.84. The highest BCUT2D eigenvalue weighted by atomic mass is 79.9. The summed E-state index contributed by atoms with van der Waals surface area (Å²) in [6.07, 6.45) is 13.3. The van der Waals surface area contributed by atoms with Gasteiger partial charge in [0.15, 0.2) is 0 Å². The van der Waals surface area contributed by atoms with Gasteiger partial charge >= 0.3 is 0 Å². The van der Waals surface area contributed by atoms with Gasteiger partial charge in [-0.15, -0.1) is 28.6 Å². The molecule has 0 unspecified atom stereocenters. The number of alkyl halides is 1. The molecule has 0 aromatic rings. The van der Waals surface area contributed by atoms with E-state index in [0.717, 1.165) is 12.4 Å². The molecule has 0 saturated carbocycles. The zero-order valence-electron chi connectivity index (χ0n) is 13.3. The first-order chi connectivity index (χ1) is 8.62. The van der Waals surface area contributed by atoms with Crippen LogP contribution in [0.15, 0.2) is 0 Å². The second-order valence-corrected chi connectivity index (χ2v) is 6.46. The van der Waals surface area contributed by atoms with Gasteiger partial charge in [-0.1, -0.05) is 51.9 Å². The molecule has 1 nitrogen and oxygen atoms in total. The first-order valence-electron chi connectivity index (χ1n) is 7.93. The van der Waals surface area contributed by atoms with Crippen LogP contribution in [-0.4, -0.2) is 18.0 Å². The van der Waals surface area contributed by atoms with Crippen molar-refractivity contribution in [3.05, 3.63) is 0 Å². The van der Waals surface area contributed by atoms with Crippen LogP contribution in [0.2, 0.25) is 0 Å². The van der Waals surface area contributed by atoms with Gasteiger partial charge in [0.25, 0.3) is 0 Å². The van der Waals surface area contributed by atoms with Crippen LogP contribution in [0.5, 0.6) is 0 Å². The zero-order chi connectivity index (χ0) is 13.7. The van der Waals surface area contributed by atoms with Gasteiger partial charge < -0.3 is 5.32 Å². The van der Waals surface area contributed by atoms with E-state index in [1.165, 1.54) is 64.2 Å². The van der Waals surface area contributed by atoms with E-state index in [-0.39, 0.29) is 17.0 Å². The fraction of sp³-hybridized carbons (Fsp3) is 1.00. The maximum absolute atomic E-state index is 5.66. The third-order valence-electron chi connectivity index (χ3n) is 3.57. The third kappa shape index (κ3) is 16.7. The maximum Gasteiger partial charge on any atom is 0.0223 e. The molecule has 0 aliphatic carbocycles. The number of halogens is 2. The first-order valence-corrected chi connectivity index (χ1v) is 8.47. The van der Waals surface area contributed by atoms with Crippen molar-refractivity contribution in [3.63, 3.8) is 0 Å². The molecule has 19 heavy (non-hydrogen) atoms. The molecule has 0 atom stereocenters. The molecule has 0 amide bonds. The Morgan fingerprint density at radius 2 is 1.42 bits per heavy atom. The second-order valence-electron chi connectivity index (χ2n) is 6.08. The fourth-order valence-electron chi connectivity index (χ4n) is 2.26. The Morgan fingerprint density at radius 1 is 0.842 bits per heavy atom. The summed E-state index contributed by atoms with van der Waals surface area (Å²) in [5.74, 6) is 0.816. The Bertz CT molecular complexity index is 174. The van der Waals surface area contributed by atoms with Crippen molar-refractivity contribution in [2.45, 2.75) is 90.5 Å². The lowest BCUT2D eigenvalue weighted by atomic mass is 9.96. The van der Waals surface area contributed by atoms with Crippen molar-refractivity contribution in [1.29, 1.82) is 0 Å². The normalized spacial score (nSPS) is 11.4. The van der Waals surface area contributed by atoms with E-state index in [1.807, 2.05) is 0 Å². The lowest BCUT2D eigenvalue weighted by Gasteiger charge is -2.26. The summed E-state index contributed by atoms with van der Waals surface area (Å²) in [5, 5.41) is 3.69. The van der Waals surface area contributed by atoms with Crippen molar-refractivity contribution in [2.75, 3.05) is 12.4 Å². The van der Waals surface area contributed by atoms with Gasteiger partial charge in [-0.25, -0.2) is 0 Å². The van der Waals surface area contributed by atoms with E-state index in [4.69, 9.17) is 11.6 Å². The standard InChI is InChI=1S/C16H34ClN.BrH/c1-4-5-6-7-10-13-16(2,3)18-15-12-9-8-11-14-17;/h18H,4-15H2,1-3H3;1H. The Labute approximate surface area is 137 Å². The zero-order valence-corrected chi connectivity index (χ0v) is 15.7. The Balaban J connectivity index is 0. The predicted octanol–water partition coefficient (Wildman–Crippen LogP) is 6.09. The minimum atomic E-state index is 0. The summed E-state index contributed by atoms with van der Waals surface area (Å²) in [7, 11) is 0. The molecular weight excluding hydrogens is 322 g/mol. The lowest BCUT2D eigenvalue weighted by molar-refractivity contribution is 0.343. The predicted molar refractivity (Wildman–Crippen MR) is 95.0 cm³/mol. The van der Waals surface area contributed by atoms with Crippen LogP contribution in [0, 0.1) is 0 Å². The number of unbranched alkanes of at least 4 members (excludes halogenated alkanes) is 7. The molecule has 118 valence electrons. The van der Waals surface area contributed by atoms with Crippen LogP contribution in [0.4, 0.5) is 0 Å². The monoisotopic (exact) mass is 355 g/mol. The van der Waals surface area contributed by atoms with Crippen molar-refractivity contribution < 1.29 is 0 Å². The minimum absolute atomic E-state index is 0. The van der Waals surface area contributed by atoms with E-state index >= 15 is 0 Å². The Hall–Kier alpha value is 0.730. The molecule has 0 saturated heterocycles. The molecule has 3 heteroatoms. The summed E-state index contributed by atoms with van der Waals surface area (Å²) >= 11 is 5.66. The molecule has 0 aromatic carbocycles. The van der Waals surface area contributed by atoms with Crippen molar-refractivity contribution >= 4 is 28.6 Å². The van der Waals surface area contributed by atoms with E-state index in [0.29, 0.717) is 5.54 Å². The lowest BCUT2D eigenvalue weighted by Crippen LogP contribution is -2.39. The Morgan fingerprint density at radius 3 is 2.05 bits per heavy atom. The van der Waals surface area contributed by atoms with Gasteiger partial charge in [-0.05, 0) is 39.7 Å². The highest BCUT2D eigenvalue weighted by molar-refractivity contribution is 8.93. The topological polar surface area (TPSA) is 12.0 Å². The van der Waals surface area contributed by atoms with Crippen LogP contribution in [0.25, 0.3) is 0 Å². The Kier molecular flexibility index (Phi) is 17.5. The van der Waals surface area contributed by atoms with E-state index < -0.39 is 0 Å². The summed E-state index contributed by atoms with van der Waals surface area (Å²) in [5.41, 5.74) is 0.318. The average Bonchev–Trinajstić information content (AvgIpc) is 2.33. The summed E-state index contributed by atoms with van der Waals surface area (Å²) in [6, 6.07) is 0. The molecule has 0 fully saturated rings. The van der Waals surface area contributed by atoms with Gasteiger partial charge in [0.05, 0.1) is 0 Å². The van der Waals surface area contributed by atoms with Crippen molar-refractivity contribution in [3.8, 4) is 0 Å². The summed E-state index contributed by atoms with van der Waals surface area (Å²) in [4.78, 5) is 0. The summed E-state index contributed by atoms with van der Waals surface area (Å²) in [6.45, 7) is 8.11. The van der Waals surface area contributed by atoms with Crippen LogP contribution in [-0.2, 0) is 0 Å². The van der Waals surface area contributed by atoms with Gasteiger partial charge in [-0.3, -0.25) is 0 Å². The van der Waals surface area contributed by atoms with Crippen LogP contribution in [0.3, 0.4) is 0 Å². The molecular formula is C16H35BrClN. The maximum atomic E-state index is 5.66. The second kappa shape index (κ2) is 15.1.